The Morgan fingerprint density at radius 3 is 2.42 bits per heavy atom. The van der Waals surface area contributed by atoms with Crippen molar-refractivity contribution in [3.05, 3.63) is 59.1 Å². The number of carboxylic acids is 1. The molecule has 0 aliphatic rings. The number of hydrogen-bond donors (Lipinski definition) is 1. The van der Waals surface area contributed by atoms with Crippen molar-refractivity contribution in [2.75, 3.05) is 5.75 Å². The second-order valence-electron chi connectivity index (χ2n) is 5.40. The summed E-state index contributed by atoms with van der Waals surface area (Å²) in [6, 6.07) is 15.6. The number of carbonyl (C=O) groups is 1. The van der Waals surface area contributed by atoms with Gasteiger partial charge in [0.05, 0.1) is 0 Å². The molecule has 128 valence electrons. The van der Waals surface area contributed by atoms with Crippen molar-refractivity contribution in [3.63, 3.8) is 0 Å². The number of thioether (sulfide) groups is 1. The van der Waals surface area contributed by atoms with Gasteiger partial charge in [-0.1, -0.05) is 30.7 Å². The van der Waals surface area contributed by atoms with E-state index in [4.69, 9.17) is 21.4 Å². The topological polar surface area (TPSA) is 46.5 Å². The molecule has 2 aromatic rings. The number of aliphatic carboxylic acids is 1. The van der Waals surface area contributed by atoms with Gasteiger partial charge in [-0.3, -0.25) is 0 Å². The second-order valence-corrected chi connectivity index (χ2v) is 7.01. The van der Waals surface area contributed by atoms with E-state index in [0.29, 0.717) is 12.2 Å². The maximum absolute atomic E-state index is 11.0. The molecule has 2 aromatic carbocycles. The largest absolute Gasteiger partial charge is 0.479 e. The van der Waals surface area contributed by atoms with Crippen LogP contribution in [-0.2, 0) is 11.2 Å². The fraction of sp³-hybridized carbons (Fsp3) is 0.316. The predicted octanol–water partition coefficient (Wildman–Crippen LogP) is 5.31. The zero-order valence-electron chi connectivity index (χ0n) is 13.6. The summed E-state index contributed by atoms with van der Waals surface area (Å²) in [5, 5.41) is 9.77. The first-order valence-electron chi connectivity index (χ1n) is 7.95. The molecule has 0 aliphatic carbocycles. The normalized spacial score (nSPS) is 11.9. The molecule has 2 rings (SSSR count). The first-order chi connectivity index (χ1) is 11.6. The molecule has 0 aliphatic heterocycles. The maximum atomic E-state index is 11.0. The number of halogens is 1. The molecule has 1 unspecified atom stereocenters. The summed E-state index contributed by atoms with van der Waals surface area (Å²) >= 11 is 7.69. The molecule has 3 nitrogen and oxygen atoms in total. The van der Waals surface area contributed by atoms with Gasteiger partial charge in [-0.15, -0.1) is 11.8 Å². The van der Waals surface area contributed by atoms with Crippen molar-refractivity contribution in [1.82, 2.24) is 0 Å². The van der Waals surface area contributed by atoms with E-state index < -0.39 is 12.1 Å². The average Bonchev–Trinajstić information content (AvgIpc) is 2.59. The van der Waals surface area contributed by atoms with Gasteiger partial charge in [0.2, 0.25) is 0 Å². The maximum Gasteiger partial charge on any atom is 0.344 e. The number of aryl methyl sites for hydroxylation is 1. The molecule has 0 aromatic heterocycles. The third kappa shape index (κ3) is 6.10. The lowest BCUT2D eigenvalue weighted by Gasteiger charge is -2.13. The first kappa shape index (κ1) is 18.7. The predicted molar refractivity (Wildman–Crippen MR) is 99.3 cm³/mol. The van der Waals surface area contributed by atoms with Crippen LogP contribution in [0.5, 0.6) is 5.75 Å². The fourth-order valence-corrected chi connectivity index (χ4v) is 3.18. The smallest absolute Gasteiger partial charge is 0.344 e. The molecule has 1 N–H and O–H groups in total. The summed E-state index contributed by atoms with van der Waals surface area (Å²) in [7, 11) is 0. The minimum absolute atomic E-state index is 0.443. The minimum atomic E-state index is -0.930. The zero-order valence-corrected chi connectivity index (χ0v) is 15.1. The summed E-state index contributed by atoms with van der Waals surface area (Å²) < 4.78 is 5.46. The van der Waals surface area contributed by atoms with Crippen molar-refractivity contribution >= 4 is 29.3 Å². The van der Waals surface area contributed by atoms with Crippen molar-refractivity contribution < 1.29 is 14.6 Å². The average molecular weight is 365 g/mol. The van der Waals surface area contributed by atoms with Crippen LogP contribution in [0.25, 0.3) is 0 Å². The van der Waals surface area contributed by atoms with E-state index in [9.17, 15) is 4.79 Å². The molecule has 24 heavy (non-hydrogen) atoms. The molecule has 0 radical (unpaired) electrons. The molecule has 0 saturated carbocycles. The SMILES string of the molecule is CCC(Oc1ccc(CCCSc2ccc(Cl)cc2)cc1)C(=O)O. The highest BCUT2D eigenvalue weighted by Gasteiger charge is 2.16. The van der Waals surface area contributed by atoms with Gasteiger partial charge in [0, 0.05) is 9.92 Å². The standard InChI is InChI=1S/C19H21ClO3S/c1-2-18(19(21)22)23-16-9-5-14(6-10-16)4-3-13-24-17-11-7-15(20)8-12-17/h5-12,18H,2-4,13H2,1H3,(H,21,22). The summed E-state index contributed by atoms with van der Waals surface area (Å²) in [5.74, 6) is 0.709. The van der Waals surface area contributed by atoms with E-state index in [0.717, 1.165) is 23.6 Å². The van der Waals surface area contributed by atoms with Crippen LogP contribution >= 0.6 is 23.4 Å². The quantitative estimate of drug-likeness (QED) is 0.484. The van der Waals surface area contributed by atoms with E-state index in [1.54, 1.807) is 6.92 Å². The molecule has 0 amide bonds. The first-order valence-corrected chi connectivity index (χ1v) is 9.31. The van der Waals surface area contributed by atoms with Gasteiger partial charge in [-0.25, -0.2) is 4.79 Å². The van der Waals surface area contributed by atoms with Crippen LogP contribution in [0.2, 0.25) is 5.02 Å². The Labute approximate surface area is 152 Å². The van der Waals surface area contributed by atoms with Gasteiger partial charge in [-0.05, 0) is 67.0 Å². The van der Waals surface area contributed by atoms with Crippen LogP contribution in [0.1, 0.15) is 25.3 Å². The Kier molecular flexibility index (Phi) is 7.47. The molecule has 0 fully saturated rings. The van der Waals surface area contributed by atoms with Gasteiger partial charge in [0.25, 0.3) is 0 Å². The van der Waals surface area contributed by atoms with Crippen LogP contribution < -0.4 is 4.74 Å². The summed E-state index contributed by atoms with van der Waals surface area (Å²) in [6.07, 6.45) is 1.71. The number of rotatable bonds is 9. The Hall–Kier alpha value is -1.65. The van der Waals surface area contributed by atoms with Gasteiger partial charge in [-0.2, -0.15) is 0 Å². The van der Waals surface area contributed by atoms with Crippen molar-refractivity contribution in [2.24, 2.45) is 0 Å². The van der Waals surface area contributed by atoms with Gasteiger partial charge >= 0.3 is 5.97 Å². The molecule has 0 bridgehead atoms. The van der Waals surface area contributed by atoms with Crippen LogP contribution in [0, 0.1) is 0 Å². The minimum Gasteiger partial charge on any atom is -0.479 e. The molecule has 5 heteroatoms. The van der Waals surface area contributed by atoms with Crippen LogP contribution in [0.4, 0.5) is 0 Å². The van der Waals surface area contributed by atoms with Crippen molar-refractivity contribution in [3.8, 4) is 5.75 Å². The Morgan fingerprint density at radius 1 is 1.17 bits per heavy atom. The molecule has 0 saturated heterocycles. The van der Waals surface area contributed by atoms with Crippen molar-refractivity contribution in [1.29, 1.82) is 0 Å². The zero-order chi connectivity index (χ0) is 17.4. The van der Waals surface area contributed by atoms with Gasteiger partial charge in [0.1, 0.15) is 5.75 Å². The van der Waals surface area contributed by atoms with E-state index in [1.807, 2.05) is 60.3 Å². The third-order valence-electron chi connectivity index (χ3n) is 3.54. The monoisotopic (exact) mass is 364 g/mol. The van der Waals surface area contributed by atoms with E-state index in [-0.39, 0.29) is 0 Å². The highest BCUT2D eigenvalue weighted by molar-refractivity contribution is 7.99. The number of ether oxygens (including phenoxy) is 1. The van der Waals surface area contributed by atoms with Gasteiger partial charge in [0.15, 0.2) is 6.10 Å². The van der Waals surface area contributed by atoms with Crippen molar-refractivity contribution in [2.45, 2.75) is 37.2 Å². The number of benzene rings is 2. The van der Waals surface area contributed by atoms with Gasteiger partial charge < -0.3 is 9.84 Å². The Morgan fingerprint density at radius 2 is 1.83 bits per heavy atom. The summed E-state index contributed by atoms with van der Waals surface area (Å²) in [6.45, 7) is 1.80. The molecular weight excluding hydrogens is 344 g/mol. The lowest BCUT2D eigenvalue weighted by Crippen LogP contribution is -2.25. The van der Waals surface area contributed by atoms with Crippen LogP contribution in [0.3, 0.4) is 0 Å². The fourth-order valence-electron chi connectivity index (χ4n) is 2.20. The highest BCUT2D eigenvalue weighted by atomic mass is 35.5. The highest BCUT2D eigenvalue weighted by Crippen LogP contribution is 2.22. The summed E-state index contributed by atoms with van der Waals surface area (Å²) in [5.41, 5.74) is 1.22. The van der Waals surface area contributed by atoms with E-state index in [2.05, 4.69) is 0 Å². The number of carboxylic acid groups (broad SMARTS) is 1. The van der Waals surface area contributed by atoms with E-state index in [1.165, 1.54) is 10.5 Å². The number of hydrogen-bond acceptors (Lipinski definition) is 3. The Bertz CT molecular complexity index is 641. The molecule has 0 heterocycles. The second kappa shape index (κ2) is 9.60. The van der Waals surface area contributed by atoms with Crippen LogP contribution in [-0.4, -0.2) is 22.9 Å². The third-order valence-corrected chi connectivity index (χ3v) is 4.89. The lowest BCUT2D eigenvalue weighted by atomic mass is 10.1. The summed E-state index contributed by atoms with van der Waals surface area (Å²) in [4.78, 5) is 12.2. The van der Waals surface area contributed by atoms with Crippen LogP contribution in [0.15, 0.2) is 53.4 Å². The lowest BCUT2D eigenvalue weighted by molar-refractivity contribution is -0.145. The molecule has 1 atom stereocenters. The molecule has 0 spiro atoms. The molecular formula is C19H21ClO3S. The van der Waals surface area contributed by atoms with E-state index >= 15 is 0 Å². The Balaban J connectivity index is 1.75.